The highest BCUT2D eigenvalue weighted by Crippen LogP contribution is 2.44. The van der Waals surface area contributed by atoms with Crippen LogP contribution in [0.25, 0.3) is 0 Å². The molecule has 0 saturated heterocycles. The van der Waals surface area contributed by atoms with Crippen LogP contribution in [-0.2, 0) is 0 Å². The Kier molecular flexibility index (Phi) is 4.11. The molecule has 0 heterocycles. The molecule has 80 valence electrons. The number of hydrogen-bond acceptors (Lipinski definition) is 3. The van der Waals surface area contributed by atoms with Gasteiger partial charge in [-0.15, -0.1) is 0 Å². The second kappa shape index (κ2) is 4.78. The van der Waals surface area contributed by atoms with Gasteiger partial charge in [0.15, 0.2) is 6.29 Å². The molecule has 0 aliphatic carbocycles. The molecule has 15 heavy (non-hydrogen) atoms. The summed E-state index contributed by atoms with van der Waals surface area (Å²) in [4.78, 5) is 20.7. The van der Waals surface area contributed by atoms with Gasteiger partial charge in [-0.2, -0.15) is 0 Å². The Balaban J connectivity index is 3.78. The van der Waals surface area contributed by atoms with Gasteiger partial charge in [-0.3, -0.25) is 14.9 Å². The topological polar surface area (TPSA) is 60.2 Å². The van der Waals surface area contributed by atoms with Gasteiger partial charge in [0.1, 0.15) is 10.0 Å². The molecule has 0 unspecified atom stereocenters. The van der Waals surface area contributed by atoms with Crippen LogP contribution < -0.4 is 0 Å². The Morgan fingerprint density at radius 1 is 1.20 bits per heavy atom. The predicted octanol–water partition coefficient (Wildman–Crippen LogP) is 4.24. The van der Waals surface area contributed by atoms with Gasteiger partial charge >= 0.3 is 0 Å². The fraction of sp³-hybridized carbons (Fsp3) is 0. The molecule has 8 heteroatoms. The molecule has 0 aliphatic rings. The molecule has 0 bridgehead atoms. The molecule has 4 nitrogen and oxygen atoms in total. The molecular weight excluding hydrogens is 377 g/mol. The van der Waals surface area contributed by atoms with Crippen molar-refractivity contribution in [3.05, 3.63) is 34.7 Å². The normalized spacial score (nSPS) is 10.1. The fourth-order valence-electron chi connectivity index (χ4n) is 0.923. The minimum atomic E-state index is -0.724. The molecule has 0 spiro atoms. The number of halogens is 4. The molecule has 1 aromatic carbocycles. The maximum Gasteiger partial charge on any atom is 0.297 e. The van der Waals surface area contributed by atoms with Crippen LogP contribution in [0.2, 0.25) is 10.0 Å². The summed E-state index contributed by atoms with van der Waals surface area (Å²) in [6.45, 7) is 0. The summed E-state index contributed by atoms with van der Waals surface area (Å²) < 4.78 is 0.262. The van der Waals surface area contributed by atoms with Crippen LogP contribution in [0.3, 0.4) is 0 Å². The number of nitrogens with zero attached hydrogens (tertiary/aromatic N) is 1. The van der Waals surface area contributed by atoms with Crippen molar-refractivity contribution in [2.24, 2.45) is 0 Å². The SMILES string of the molecule is O=Cc1c(Cl)c(Br)c(Cl)c(Br)c1[N+](=O)[O-]. The minimum Gasteiger partial charge on any atom is -0.298 e. The van der Waals surface area contributed by atoms with E-state index in [4.69, 9.17) is 23.2 Å². The highest BCUT2D eigenvalue weighted by atomic mass is 79.9. The average molecular weight is 378 g/mol. The van der Waals surface area contributed by atoms with E-state index in [9.17, 15) is 14.9 Å². The summed E-state index contributed by atoms with van der Waals surface area (Å²) >= 11 is 17.5. The highest BCUT2D eigenvalue weighted by Gasteiger charge is 2.27. The van der Waals surface area contributed by atoms with Gasteiger partial charge in [0, 0.05) is 0 Å². The van der Waals surface area contributed by atoms with Crippen LogP contribution in [0.5, 0.6) is 0 Å². The van der Waals surface area contributed by atoms with E-state index in [2.05, 4.69) is 31.9 Å². The maximum absolute atomic E-state index is 10.7. The molecule has 0 amide bonds. The Bertz CT molecular complexity index is 464. The van der Waals surface area contributed by atoms with E-state index in [0.29, 0.717) is 6.29 Å². The van der Waals surface area contributed by atoms with Gasteiger partial charge in [-0.1, -0.05) is 23.2 Å². The first-order chi connectivity index (χ1) is 6.91. The van der Waals surface area contributed by atoms with Gasteiger partial charge in [0.05, 0.1) is 19.4 Å². The molecule has 0 atom stereocenters. The Morgan fingerprint density at radius 2 is 1.73 bits per heavy atom. The second-order valence-electron chi connectivity index (χ2n) is 2.39. The lowest BCUT2D eigenvalue weighted by Crippen LogP contribution is -1.98. The van der Waals surface area contributed by atoms with Crippen LogP contribution >= 0.6 is 55.1 Å². The highest BCUT2D eigenvalue weighted by molar-refractivity contribution is 9.11. The number of benzene rings is 1. The quantitative estimate of drug-likeness (QED) is 0.254. The lowest BCUT2D eigenvalue weighted by molar-refractivity contribution is -0.385. The van der Waals surface area contributed by atoms with E-state index in [0.717, 1.165) is 0 Å². The molecule has 0 fully saturated rings. The van der Waals surface area contributed by atoms with Gasteiger partial charge in [0.2, 0.25) is 0 Å². The number of aldehydes is 1. The third-order valence-corrected chi connectivity index (χ3v) is 4.60. The summed E-state index contributed by atoms with van der Waals surface area (Å²) in [6, 6.07) is 0. The third kappa shape index (κ3) is 2.18. The van der Waals surface area contributed by atoms with Gasteiger partial charge < -0.3 is 0 Å². The zero-order chi connectivity index (χ0) is 11.7. The van der Waals surface area contributed by atoms with Crippen molar-refractivity contribution in [2.45, 2.75) is 0 Å². The summed E-state index contributed by atoms with van der Waals surface area (Å²) in [5, 5.41) is 10.7. The molecule has 0 aromatic heterocycles. The molecule has 1 aromatic rings. The summed E-state index contributed by atoms with van der Waals surface area (Å²) in [6.07, 6.45) is 0.312. The average Bonchev–Trinajstić information content (AvgIpc) is 2.19. The van der Waals surface area contributed by atoms with Crippen molar-refractivity contribution < 1.29 is 9.72 Å². The number of rotatable bonds is 2. The molecule has 0 radical (unpaired) electrons. The van der Waals surface area contributed by atoms with Gasteiger partial charge in [-0.25, -0.2) is 0 Å². The number of carbonyl (C=O) groups excluding carboxylic acids is 1. The molecular formula is C7HBr2Cl2NO3. The molecule has 1 rings (SSSR count). The minimum absolute atomic E-state index is 0.0209. The molecule has 0 aliphatic heterocycles. The van der Waals surface area contributed by atoms with E-state index in [1.165, 1.54) is 0 Å². The van der Waals surface area contributed by atoms with Crippen LogP contribution in [0.1, 0.15) is 10.4 Å². The lowest BCUT2D eigenvalue weighted by atomic mass is 10.2. The Morgan fingerprint density at radius 3 is 2.13 bits per heavy atom. The van der Waals surface area contributed by atoms with Crippen molar-refractivity contribution >= 4 is 67.0 Å². The van der Waals surface area contributed by atoms with Gasteiger partial charge in [-0.05, 0) is 31.9 Å². The van der Waals surface area contributed by atoms with Crippen molar-refractivity contribution in [1.29, 1.82) is 0 Å². The first-order valence-electron chi connectivity index (χ1n) is 3.37. The fourth-order valence-corrected chi connectivity index (χ4v) is 2.62. The van der Waals surface area contributed by atoms with E-state index >= 15 is 0 Å². The van der Waals surface area contributed by atoms with E-state index in [-0.39, 0.29) is 24.6 Å². The number of hydrogen-bond donors (Lipinski definition) is 0. The second-order valence-corrected chi connectivity index (χ2v) is 4.74. The predicted molar refractivity (Wildman–Crippen MR) is 63.9 cm³/mol. The van der Waals surface area contributed by atoms with Gasteiger partial charge in [0.25, 0.3) is 5.69 Å². The van der Waals surface area contributed by atoms with E-state index in [1.807, 2.05) is 0 Å². The summed E-state index contributed by atoms with van der Waals surface area (Å²) in [5.74, 6) is 0. The maximum atomic E-state index is 10.7. The van der Waals surface area contributed by atoms with Crippen LogP contribution in [0, 0.1) is 10.1 Å². The van der Waals surface area contributed by atoms with Crippen molar-refractivity contribution in [1.82, 2.24) is 0 Å². The van der Waals surface area contributed by atoms with Crippen LogP contribution in [0.4, 0.5) is 5.69 Å². The molecule has 0 N–H and O–H groups in total. The van der Waals surface area contributed by atoms with Crippen LogP contribution in [0.15, 0.2) is 8.95 Å². The first-order valence-corrected chi connectivity index (χ1v) is 5.71. The zero-order valence-corrected chi connectivity index (χ0v) is 11.4. The smallest absolute Gasteiger partial charge is 0.297 e. The Hall–Kier alpha value is -0.170. The standard InChI is InChI=1S/C7HBr2Cl2NO3/c8-3-5(10)2(1-13)7(12(14)15)4(9)6(3)11/h1H. The number of nitro groups is 1. The van der Waals surface area contributed by atoms with E-state index in [1.54, 1.807) is 0 Å². The monoisotopic (exact) mass is 375 g/mol. The number of nitro benzene ring substituents is 1. The van der Waals surface area contributed by atoms with Crippen LogP contribution in [-0.4, -0.2) is 11.2 Å². The zero-order valence-electron chi connectivity index (χ0n) is 6.76. The third-order valence-electron chi connectivity index (χ3n) is 1.58. The summed E-state index contributed by atoms with van der Waals surface area (Å²) in [5.41, 5.74) is -0.659. The number of carbonyl (C=O) groups is 1. The molecule has 0 saturated carbocycles. The van der Waals surface area contributed by atoms with Crippen molar-refractivity contribution in [3.8, 4) is 0 Å². The van der Waals surface area contributed by atoms with Crippen molar-refractivity contribution in [3.63, 3.8) is 0 Å². The first kappa shape index (κ1) is 12.9. The van der Waals surface area contributed by atoms with Crippen molar-refractivity contribution in [2.75, 3.05) is 0 Å². The summed E-state index contributed by atoms with van der Waals surface area (Å²) in [7, 11) is 0. The Labute approximate surface area is 111 Å². The van der Waals surface area contributed by atoms with E-state index < -0.39 is 10.6 Å². The largest absolute Gasteiger partial charge is 0.298 e. The lowest BCUT2D eigenvalue weighted by Gasteiger charge is -2.06.